The Balaban J connectivity index is 2.45. The summed E-state index contributed by atoms with van der Waals surface area (Å²) in [5, 5.41) is 4.15. The molecule has 3 heteroatoms. The lowest BCUT2D eigenvalue weighted by Gasteiger charge is -2.20. The minimum atomic E-state index is 0.149. The third-order valence-corrected chi connectivity index (χ3v) is 4.51. The van der Waals surface area contributed by atoms with E-state index in [-0.39, 0.29) is 6.04 Å². The van der Waals surface area contributed by atoms with E-state index >= 15 is 0 Å². The molecule has 0 aromatic heterocycles. The third kappa shape index (κ3) is 3.88. The van der Waals surface area contributed by atoms with E-state index in [1.54, 1.807) is 0 Å². The molecule has 21 heavy (non-hydrogen) atoms. The molecule has 2 aromatic rings. The zero-order valence-corrected chi connectivity index (χ0v) is 15.1. The van der Waals surface area contributed by atoms with E-state index in [0.717, 1.165) is 22.3 Å². The van der Waals surface area contributed by atoms with Crippen LogP contribution in [0.2, 0.25) is 5.02 Å². The van der Waals surface area contributed by atoms with Crippen molar-refractivity contribution in [2.24, 2.45) is 0 Å². The molecule has 0 saturated carbocycles. The lowest BCUT2D eigenvalue weighted by molar-refractivity contribution is 0.690. The van der Waals surface area contributed by atoms with Gasteiger partial charge in [-0.2, -0.15) is 0 Å². The van der Waals surface area contributed by atoms with E-state index < -0.39 is 0 Å². The van der Waals surface area contributed by atoms with Gasteiger partial charge < -0.3 is 5.32 Å². The van der Waals surface area contributed by atoms with Crippen LogP contribution in [0.25, 0.3) is 0 Å². The largest absolute Gasteiger partial charge is 0.309 e. The monoisotopic (exact) mass is 365 g/mol. The lowest BCUT2D eigenvalue weighted by atomic mass is 9.93. The van der Waals surface area contributed by atoms with Crippen LogP contribution in [0.15, 0.2) is 40.9 Å². The normalized spacial score (nSPS) is 12.4. The SMILES string of the molecule is CCc1ccc(C(NC)c2cc(Cl)cc(Br)c2)cc1CC. The number of halogens is 2. The van der Waals surface area contributed by atoms with Crippen molar-refractivity contribution in [1.29, 1.82) is 0 Å². The molecule has 0 fully saturated rings. The van der Waals surface area contributed by atoms with E-state index in [1.807, 2.05) is 19.2 Å². The summed E-state index contributed by atoms with van der Waals surface area (Å²) in [6.07, 6.45) is 2.14. The molecule has 0 radical (unpaired) electrons. The predicted molar refractivity (Wildman–Crippen MR) is 95.3 cm³/mol. The van der Waals surface area contributed by atoms with Crippen LogP contribution in [0.4, 0.5) is 0 Å². The van der Waals surface area contributed by atoms with Crippen LogP contribution in [0, 0.1) is 0 Å². The molecule has 2 aromatic carbocycles. The summed E-state index contributed by atoms with van der Waals surface area (Å²) in [6.45, 7) is 4.42. The van der Waals surface area contributed by atoms with Crippen LogP contribution >= 0.6 is 27.5 Å². The Kier molecular flexibility index (Phi) is 5.86. The molecular weight excluding hydrogens is 346 g/mol. The van der Waals surface area contributed by atoms with E-state index in [2.05, 4.69) is 59.4 Å². The molecular formula is C18H21BrClN. The third-order valence-electron chi connectivity index (χ3n) is 3.83. The van der Waals surface area contributed by atoms with Crippen molar-refractivity contribution in [3.05, 3.63) is 68.1 Å². The molecule has 1 atom stereocenters. The van der Waals surface area contributed by atoms with Gasteiger partial charge in [-0.15, -0.1) is 0 Å². The smallest absolute Gasteiger partial charge is 0.0575 e. The minimum Gasteiger partial charge on any atom is -0.309 e. The highest BCUT2D eigenvalue weighted by Gasteiger charge is 2.14. The zero-order valence-electron chi connectivity index (χ0n) is 12.7. The van der Waals surface area contributed by atoms with Crippen molar-refractivity contribution in [2.45, 2.75) is 32.7 Å². The number of hydrogen-bond donors (Lipinski definition) is 1. The number of hydrogen-bond acceptors (Lipinski definition) is 1. The summed E-state index contributed by atoms with van der Waals surface area (Å²) in [6, 6.07) is 13.0. The Hall–Kier alpha value is -0.830. The maximum Gasteiger partial charge on any atom is 0.0575 e. The van der Waals surface area contributed by atoms with Gasteiger partial charge in [-0.3, -0.25) is 0 Å². The molecule has 0 heterocycles. The average Bonchev–Trinajstić information content (AvgIpc) is 2.46. The molecule has 2 rings (SSSR count). The summed E-state index contributed by atoms with van der Waals surface area (Å²) in [7, 11) is 1.98. The van der Waals surface area contributed by atoms with Gasteiger partial charge in [0.25, 0.3) is 0 Å². The Morgan fingerprint density at radius 2 is 1.71 bits per heavy atom. The average molecular weight is 367 g/mol. The van der Waals surface area contributed by atoms with Gasteiger partial charge in [-0.25, -0.2) is 0 Å². The van der Waals surface area contributed by atoms with Crippen LogP contribution in [-0.2, 0) is 12.8 Å². The minimum absolute atomic E-state index is 0.149. The molecule has 0 aliphatic rings. The summed E-state index contributed by atoms with van der Waals surface area (Å²) in [5.74, 6) is 0. The predicted octanol–water partition coefficient (Wildman–Crippen LogP) is 5.54. The van der Waals surface area contributed by atoms with Crippen molar-refractivity contribution in [1.82, 2.24) is 5.32 Å². The quantitative estimate of drug-likeness (QED) is 0.733. The molecule has 0 saturated heterocycles. The lowest BCUT2D eigenvalue weighted by Crippen LogP contribution is -2.18. The topological polar surface area (TPSA) is 12.0 Å². The van der Waals surface area contributed by atoms with Gasteiger partial charge >= 0.3 is 0 Å². The molecule has 0 spiro atoms. The van der Waals surface area contributed by atoms with E-state index in [9.17, 15) is 0 Å². The van der Waals surface area contributed by atoms with Gasteiger partial charge in [-0.1, -0.05) is 59.6 Å². The van der Waals surface area contributed by atoms with Gasteiger partial charge in [0.1, 0.15) is 0 Å². The first-order chi connectivity index (χ1) is 10.1. The van der Waals surface area contributed by atoms with Gasteiger partial charge in [0.2, 0.25) is 0 Å². The fourth-order valence-electron chi connectivity index (χ4n) is 2.77. The summed E-state index contributed by atoms with van der Waals surface area (Å²) in [4.78, 5) is 0. The van der Waals surface area contributed by atoms with Crippen LogP contribution in [0.5, 0.6) is 0 Å². The van der Waals surface area contributed by atoms with E-state index in [1.165, 1.54) is 22.3 Å². The van der Waals surface area contributed by atoms with Crippen molar-refractivity contribution < 1.29 is 0 Å². The molecule has 0 amide bonds. The highest BCUT2D eigenvalue weighted by molar-refractivity contribution is 9.10. The van der Waals surface area contributed by atoms with Crippen molar-refractivity contribution in [2.75, 3.05) is 7.05 Å². The zero-order chi connectivity index (χ0) is 15.4. The Bertz CT molecular complexity index is 604. The van der Waals surface area contributed by atoms with Crippen LogP contribution in [0.3, 0.4) is 0 Å². The molecule has 0 bridgehead atoms. The van der Waals surface area contributed by atoms with Gasteiger partial charge in [-0.05, 0) is 60.3 Å². The molecule has 0 aliphatic heterocycles. The Morgan fingerprint density at radius 1 is 1.00 bits per heavy atom. The van der Waals surface area contributed by atoms with Gasteiger partial charge in [0.05, 0.1) is 6.04 Å². The maximum atomic E-state index is 6.19. The Labute approximate surface area is 140 Å². The fourth-order valence-corrected chi connectivity index (χ4v) is 3.65. The van der Waals surface area contributed by atoms with E-state index in [4.69, 9.17) is 11.6 Å². The van der Waals surface area contributed by atoms with Crippen LogP contribution < -0.4 is 5.32 Å². The van der Waals surface area contributed by atoms with Crippen LogP contribution in [0.1, 0.15) is 42.1 Å². The standard InChI is InChI=1S/C18H21BrClN/c1-4-12-6-7-14(8-13(12)5-2)18(21-3)15-9-16(19)11-17(20)10-15/h6-11,18,21H,4-5H2,1-3H3. The van der Waals surface area contributed by atoms with Crippen molar-refractivity contribution >= 4 is 27.5 Å². The first-order valence-corrected chi connectivity index (χ1v) is 8.51. The summed E-state index contributed by atoms with van der Waals surface area (Å²) >= 11 is 9.71. The molecule has 1 unspecified atom stereocenters. The second-order valence-electron chi connectivity index (χ2n) is 5.16. The Morgan fingerprint density at radius 3 is 2.29 bits per heavy atom. The second-order valence-corrected chi connectivity index (χ2v) is 6.51. The number of rotatable bonds is 5. The molecule has 0 aliphatic carbocycles. The highest BCUT2D eigenvalue weighted by Crippen LogP contribution is 2.29. The molecule has 1 N–H and O–H groups in total. The first-order valence-electron chi connectivity index (χ1n) is 7.34. The molecule has 112 valence electrons. The van der Waals surface area contributed by atoms with Gasteiger partial charge in [0, 0.05) is 9.50 Å². The number of nitrogens with one attached hydrogen (secondary N) is 1. The summed E-state index contributed by atoms with van der Waals surface area (Å²) < 4.78 is 1.01. The number of benzene rings is 2. The maximum absolute atomic E-state index is 6.19. The number of aryl methyl sites for hydroxylation is 2. The fraction of sp³-hybridized carbons (Fsp3) is 0.333. The summed E-state index contributed by atoms with van der Waals surface area (Å²) in [5.41, 5.74) is 5.31. The van der Waals surface area contributed by atoms with Crippen molar-refractivity contribution in [3.63, 3.8) is 0 Å². The van der Waals surface area contributed by atoms with E-state index in [0.29, 0.717) is 0 Å². The molecule has 1 nitrogen and oxygen atoms in total. The van der Waals surface area contributed by atoms with Gasteiger partial charge in [0.15, 0.2) is 0 Å². The highest BCUT2D eigenvalue weighted by atomic mass is 79.9. The van der Waals surface area contributed by atoms with Crippen molar-refractivity contribution in [3.8, 4) is 0 Å². The second kappa shape index (κ2) is 7.44. The van der Waals surface area contributed by atoms with Crippen LogP contribution in [-0.4, -0.2) is 7.05 Å². The first kappa shape index (κ1) is 16.5.